The molecule has 0 atom stereocenters. The van der Waals surface area contributed by atoms with E-state index in [4.69, 9.17) is 3.07 Å². The molecular weight excluding hydrogens is 193 g/mol. The molecule has 0 radical (unpaired) electrons. The Morgan fingerprint density at radius 3 is 3.00 bits per heavy atom. The molecule has 0 aliphatic carbocycles. The van der Waals surface area contributed by atoms with Crippen molar-refractivity contribution in [3.63, 3.8) is 0 Å². The van der Waals surface area contributed by atoms with Gasteiger partial charge < -0.3 is 0 Å². The quantitative estimate of drug-likeness (QED) is 0.256. The normalized spacial score (nSPS) is 17.3. The van der Waals surface area contributed by atoms with Crippen LogP contribution in [0.25, 0.3) is 0 Å². The third-order valence-electron chi connectivity index (χ3n) is 0.340. The van der Waals surface area contributed by atoms with Crippen LogP contribution in [0.1, 0.15) is 0 Å². The molecule has 1 heterocycles. The summed E-state index contributed by atoms with van der Waals surface area (Å²) in [6.07, 6.45) is 3.33. The average molecular weight is 196 g/mol. The van der Waals surface area contributed by atoms with Crippen LogP contribution < -0.4 is 25.4 Å². The predicted molar refractivity (Wildman–Crippen MR) is 16.9 cm³/mol. The third kappa shape index (κ3) is 0.914. The molecule has 1 aliphatic heterocycles. The minimum atomic E-state index is -0.209. The fourth-order valence-corrected chi connectivity index (χ4v) is 0.889. The van der Waals surface area contributed by atoms with Crippen LogP contribution in [-0.4, -0.2) is 0 Å². The van der Waals surface area contributed by atoms with Crippen molar-refractivity contribution in [2.45, 2.75) is 0 Å². The van der Waals surface area contributed by atoms with Crippen LogP contribution in [0.3, 0.4) is 0 Å². The maximum atomic E-state index is 4.80. The summed E-state index contributed by atoms with van der Waals surface area (Å²) >= 11 is -0.209. The minimum absolute atomic E-state index is 0.209. The summed E-state index contributed by atoms with van der Waals surface area (Å²) in [5.74, 6) is 0. The Balaban J connectivity index is 2.53. The van der Waals surface area contributed by atoms with Crippen molar-refractivity contribution in [2.75, 3.05) is 0 Å². The second-order valence-electron chi connectivity index (χ2n) is 0.704. The van der Waals surface area contributed by atoms with E-state index in [1.54, 1.807) is 12.5 Å². The van der Waals surface area contributed by atoms with Crippen molar-refractivity contribution in [3.05, 3.63) is 18.2 Å². The Hall–Kier alpha value is -0.150. The van der Waals surface area contributed by atoms with Gasteiger partial charge in [-0.3, -0.25) is 0 Å². The molecule has 0 saturated heterocycles. The molecule has 0 spiro atoms. The molecule has 0 aromatic rings. The Kier molecular flexibility index (Phi) is 1.41. The van der Waals surface area contributed by atoms with Crippen LogP contribution in [0.4, 0.5) is 0 Å². The summed E-state index contributed by atoms with van der Waals surface area (Å²) < 4.78 is 7.71. The van der Waals surface area contributed by atoms with Gasteiger partial charge in [0.2, 0.25) is 0 Å². The van der Waals surface area contributed by atoms with Crippen LogP contribution in [0.2, 0.25) is 0 Å². The molecule has 0 aromatic carbocycles. The van der Waals surface area contributed by atoms with Gasteiger partial charge in [-0.2, -0.15) is 0 Å². The van der Waals surface area contributed by atoms with Crippen molar-refractivity contribution in [3.8, 4) is 0 Å². The van der Waals surface area contributed by atoms with E-state index in [-0.39, 0.29) is 21.9 Å². The van der Waals surface area contributed by atoms with E-state index in [2.05, 4.69) is 9.26 Å². The summed E-state index contributed by atoms with van der Waals surface area (Å²) in [4.78, 5) is 0. The standard InChI is InChI=1S/C3H3INO/c1-2-5-4-6-3-1/h2-3,5H/q-1. The molecule has 6 heavy (non-hydrogen) atoms. The van der Waals surface area contributed by atoms with Gasteiger partial charge in [0.1, 0.15) is 0 Å². The first-order valence-electron chi connectivity index (χ1n) is 1.45. The molecule has 2 nitrogen and oxygen atoms in total. The second-order valence-corrected chi connectivity index (χ2v) is 2.28. The van der Waals surface area contributed by atoms with E-state index in [1.807, 2.05) is 0 Å². The van der Waals surface area contributed by atoms with Crippen molar-refractivity contribution < 1.29 is 25.0 Å². The van der Waals surface area contributed by atoms with Gasteiger partial charge in [-0.25, -0.2) is 0 Å². The summed E-state index contributed by atoms with van der Waals surface area (Å²) in [5, 5.41) is 0. The number of halogens is 1. The van der Waals surface area contributed by atoms with Crippen molar-refractivity contribution in [2.24, 2.45) is 0 Å². The van der Waals surface area contributed by atoms with Gasteiger partial charge in [0.15, 0.2) is 0 Å². The molecule has 0 fully saturated rings. The van der Waals surface area contributed by atoms with Crippen LogP contribution in [0.15, 0.2) is 18.2 Å². The molecule has 0 saturated carbocycles. The first-order valence-corrected chi connectivity index (χ1v) is 3.40. The third-order valence-corrected chi connectivity index (χ3v) is 1.41. The van der Waals surface area contributed by atoms with E-state index < -0.39 is 0 Å². The number of nitrogens with one attached hydrogen (secondary N) is 1. The fraction of sp³-hybridized carbons (Fsp3) is 0. The zero-order valence-electron chi connectivity index (χ0n) is 2.94. The number of hydrogen-bond donors (Lipinski definition) is 1. The molecule has 1 N–H and O–H groups in total. The van der Waals surface area contributed by atoms with E-state index in [0.29, 0.717) is 0 Å². The molecule has 1 aliphatic rings. The van der Waals surface area contributed by atoms with Crippen molar-refractivity contribution in [1.82, 2.24) is 3.53 Å². The average Bonchev–Trinajstić information content (AvgIpc) is 1.72. The number of hydrogen-bond acceptors (Lipinski definition) is 2. The van der Waals surface area contributed by atoms with Gasteiger partial charge in [0.25, 0.3) is 0 Å². The SMILES string of the molecule is C1=CN[I-]OC=1. The molecule has 3 heteroatoms. The molecule has 0 bridgehead atoms. The van der Waals surface area contributed by atoms with E-state index in [0.717, 1.165) is 0 Å². The molecule has 0 amide bonds. The molecule has 1 rings (SSSR count). The van der Waals surface area contributed by atoms with Crippen molar-refractivity contribution in [1.29, 1.82) is 0 Å². The summed E-state index contributed by atoms with van der Waals surface area (Å²) in [7, 11) is 0. The molecular formula is C3H3INO-. The van der Waals surface area contributed by atoms with E-state index >= 15 is 0 Å². The van der Waals surface area contributed by atoms with Gasteiger partial charge in [0.05, 0.1) is 0 Å². The van der Waals surface area contributed by atoms with Crippen LogP contribution in [0.5, 0.6) is 0 Å². The van der Waals surface area contributed by atoms with E-state index in [9.17, 15) is 0 Å². The van der Waals surface area contributed by atoms with Gasteiger partial charge >= 0.3 is 46.7 Å². The first kappa shape index (κ1) is 4.02. The van der Waals surface area contributed by atoms with Gasteiger partial charge in [-0.05, 0) is 0 Å². The van der Waals surface area contributed by atoms with Crippen molar-refractivity contribution >= 4 is 0 Å². The van der Waals surface area contributed by atoms with Gasteiger partial charge in [-0.1, -0.05) is 0 Å². The zero-order chi connectivity index (χ0) is 4.24. The topological polar surface area (TPSA) is 21.3 Å². The Labute approximate surface area is 47.0 Å². The molecule has 0 unspecified atom stereocenters. The zero-order valence-corrected chi connectivity index (χ0v) is 5.10. The van der Waals surface area contributed by atoms with Gasteiger partial charge in [0, 0.05) is 0 Å². The summed E-state index contributed by atoms with van der Waals surface area (Å²) in [6.45, 7) is 0. The second kappa shape index (κ2) is 2.10. The van der Waals surface area contributed by atoms with E-state index in [1.165, 1.54) is 0 Å². The summed E-state index contributed by atoms with van der Waals surface area (Å²) in [5.41, 5.74) is 2.73. The predicted octanol–water partition coefficient (Wildman–Crippen LogP) is -2.85. The van der Waals surface area contributed by atoms with Crippen LogP contribution in [0, 0.1) is 0 Å². The summed E-state index contributed by atoms with van der Waals surface area (Å²) in [6, 6.07) is 0. The number of rotatable bonds is 0. The Morgan fingerprint density at radius 1 is 1.83 bits per heavy atom. The molecule has 34 valence electrons. The monoisotopic (exact) mass is 196 g/mol. The molecule has 0 aromatic heterocycles. The first-order chi connectivity index (χ1) is 3.00. The van der Waals surface area contributed by atoms with Gasteiger partial charge in [-0.15, -0.1) is 0 Å². The van der Waals surface area contributed by atoms with Crippen LogP contribution >= 0.6 is 0 Å². The Morgan fingerprint density at radius 2 is 2.83 bits per heavy atom. The maximum absolute atomic E-state index is 4.80. The van der Waals surface area contributed by atoms with Crippen LogP contribution in [-0.2, 0) is 3.07 Å². The Bertz CT molecular complexity index is 87.0. The fourth-order valence-electron chi connectivity index (χ4n) is 0.161.